The van der Waals surface area contributed by atoms with Crippen LogP contribution in [0.25, 0.3) is 11.4 Å². The number of rotatable bonds is 6. The van der Waals surface area contributed by atoms with Crippen LogP contribution in [0.2, 0.25) is 0 Å². The summed E-state index contributed by atoms with van der Waals surface area (Å²) < 4.78 is 1.86. The van der Waals surface area contributed by atoms with Crippen molar-refractivity contribution < 1.29 is 0 Å². The smallest absolute Gasteiger partial charge is 0.209 e. The van der Waals surface area contributed by atoms with E-state index in [9.17, 15) is 0 Å². The molecular weight excluding hydrogens is 344 g/mol. The minimum atomic E-state index is 0.598. The largest absolute Gasteiger partial charge is 0.261 e. The van der Waals surface area contributed by atoms with Gasteiger partial charge < -0.3 is 0 Å². The van der Waals surface area contributed by atoms with Gasteiger partial charge in [-0.25, -0.2) is 0 Å². The zero-order valence-corrected chi connectivity index (χ0v) is 15.2. The first-order valence-corrected chi connectivity index (χ1v) is 9.29. The molecule has 0 atom stereocenters. The van der Waals surface area contributed by atoms with Crippen molar-refractivity contribution in [1.29, 1.82) is 0 Å². The number of nitrogens with zero attached hydrogens (tertiary/aromatic N) is 6. The van der Waals surface area contributed by atoms with Gasteiger partial charge in [-0.3, -0.25) is 4.68 Å². The molecule has 0 aliphatic carbocycles. The lowest BCUT2D eigenvalue weighted by atomic mass is 10.2. The summed E-state index contributed by atoms with van der Waals surface area (Å²) in [7, 11) is 1.94. The minimum absolute atomic E-state index is 0.598. The maximum Gasteiger partial charge on any atom is 0.209 e. The van der Waals surface area contributed by atoms with Crippen LogP contribution in [0, 0.1) is 0 Å². The van der Waals surface area contributed by atoms with Crippen molar-refractivity contribution in [1.82, 2.24) is 30.0 Å². The molecule has 4 rings (SSSR count). The molecule has 130 valence electrons. The highest BCUT2D eigenvalue weighted by Crippen LogP contribution is 2.30. The van der Waals surface area contributed by atoms with Crippen molar-refractivity contribution in [3.05, 3.63) is 78.0 Å². The normalized spacial score (nSPS) is 11.0. The first-order valence-electron chi connectivity index (χ1n) is 8.30. The maximum atomic E-state index is 4.53. The lowest BCUT2D eigenvalue weighted by Crippen LogP contribution is -2.03. The second-order valence-corrected chi connectivity index (χ2v) is 6.85. The molecule has 0 unspecified atom stereocenters. The van der Waals surface area contributed by atoms with Crippen molar-refractivity contribution >= 4 is 11.8 Å². The summed E-state index contributed by atoms with van der Waals surface area (Å²) in [6, 6.07) is 20.5. The van der Waals surface area contributed by atoms with Crippen LogP contribution in [0.15, 0.2) is 71.9 Å². The standard InChI is InChI=1S/C19H18N6S/c1-24-19(26-14-16-10-6-3-7-11-16)17(12-20-24)18-21-23-25(22-18)13-15-8-4-2-5-9-15/h2-12H,13-14H2,1H3. The molecule has 7 heteroatoms. The molecule has 0 aliphatic heterocycles. The Labute approximate surface area is 155 Å². The van der Waals surface area contributed by atoms with Crippen molar-refractivity contribution in [3.8, 4) is 11.4 Å². The Morgan fingerprint density at radius 1 is 0.923 bits per heavy atom. The second kappa shape index (κ2) is 7.53. The monoisotopic (exact) mass is 362 g/mol. The second-order valence-electron chi connectivity index (χ2n) is 5.89. The molecule has 2 heterocycles. The van der Waals surface area contributed by atoms with Crippen LogP contribution in [0.5, 0.6) is 0 Å². The Morgan fingerprint density at radius 2 is 1.62 bits per heavy atom. The first-order chi connectivity index (χ1) is 12.8. The third kappa shape index (κ3) is 3.67. The van der Waals surface area contributed by atoms with E-state index in [0.29, 0.717) is 12.4 Å². The topological polar surface area (TPSA) is 61.4 Å². The molecule has 26 heavy (non-hydrogen) atoms. The summed E-state index contributed by atoms with van der Waals surface area (Å²) in [5.74, 6) is 1.47. The fourth-order valence-corrected chi connectivity index (χ4v) is 3.67. The zero-order valence-electron chi connectivity index (χ0n) is 14.4. The number of hydrogen-bond acceptors (Lipinski definition) is 5. The third-order valence-electron chi connectivity index (χ3n) is 3.96. The van der Waals surface area contributed by atoms with Gasteiger partial charge in [-0.15, -0.1) is 22.0 Å². The molecule has 0 N–H and O–H groups in total. The summed E-state index contributed by atoms with van der Waals surface area (Å²) >= 11 is 1.72. The molecule has 0 spiro atoms. The summed E-state index contributed by atoms with van der Waals surface area (Å²) in [6.07, 6.45) is 1.80. The summed E-state index contributed by atoms with van der Waals surface area (Å²) in [6.45, 7) is 0.598. The van der Waals surface area contributed by atoms with E-state index in [1.165, 1.54) is 5.56 Å². The number of thioether (sulfide) groups is 1. The molecule has 0 saturated carbocycles. The summed E-state index contributed by atoms with van der Waals surface area (Å²) in [5, 5.41) is 18.4. The van der Waals surface area contributed by atoms with Crippen LogP contribution < -0.4 is 0 Å². The predicted molar refractivity (Wildman–Crippen MR) is 102 cm³/mol. The zero-order chi connectivity index (χ0) is 17.8. The van der Waals surface area contributed by atoms with Gasteiger partial charge in [0.15, 0.2) is 0 Å². The average molecular weight is 362 g/mol. The van der Waals surface area contributed by atoms with Gasteiger partial charge in [-0.1, -0.05) is 60.7 Å². The van der Waals surface area contributed by atoms with Crippen LogP contribution in [0.1, 0.15) is 11.1 Å². The predicted octanol–water partition coefficient (Wildman–Crippen LogP) is 3.41. The van der Waals surface area contributed by atoms with E-state index in [1.807, 2.05) is 48.1 Å². The van der Waals surface area contributed by atoms with E-state index in [2.05, 4.69) is 44.8 Å². The van der Waals surface area contributed by atoms with E-state index < -0.39 is 0 Å². The van der Waals surface area contributed by atoms with E-state index in [-0.39, 0.29) is 0 Å². The van der Waals surface area contributed by atoms with Crippen LogP contribution in [-0.2, 0) is 19.3 Å². The Hall–Kier alpha value is -2.93. The van der Waals surface area contributed by atoms with Gasteiger partial charge >= 0.3 is 0 Å². The Balaban J connectivity index is 1.53. The Kier molecular flexibility index (Phi) is 4.79. The fourth-order valence-electron chi connectivity index (χ4n) is 2.64. The molecular formula is C19H18N6S. The summed E-state index contributed by atoms with van der Waals surface area (Å²) in [4.78, 5) is 1.61. The van der Waals surface area contributed by atoms with Gasteiger partial charge in [0.1, 0.15) is 5.03 Å². The van der Waals surface area contributed by atoms with Gasteiger partial charge in [0.2, 0.25) is 5.82 Å². The summed E-state index contributed by atoms with van der Waals surface area (Å²) in [5.41, 5.74) is 3.32. The SMILES string of the molecule is Cn1ncc(-c2nnn(Cc3ccccc3)n2)c1SCc1ccccc1. The molecule has 0 aliphatic rings. The van der Waals surface area contributed by atoms with Crippen LogP contribution in [0.4, 0.5) is 0 Å². The number of benzene rings is 2. The average Bonchev–Trinajstić information content (AvgIpc) is 3.28. The maximum absolute atomic E-state index is 4.53. The van der Waals surface area contributed by atoms with E-state index in [0.717, 1.165) is 21.9 Å². The lowest BCUT2D eigenvalue weighted by Gasteiger charge is -2.04. The Morgan fingerprint density at radius 3 is 2.35 bits per heavy atom. The van der Waals surface area contributed by atoms with Crippen molar-refractivity contribution in [2.24, 2.45) is 7.05 Å². The molecule has 2 aromatic carbocycles. The van der Waals surface area contributed by atoms with Gasteiger partial charge in [0.05, 0.1) is 18.3 Å². The highest BCUT2D eigenvalue weighted by atomic mass is 32.2. The number of hydrogen-bond donors (Lipinski definition) is 0. The number of aromatic nitrogens is 6. The Bertz CT molecular complexity index is 978. The molecule has 0 fully saturated rings. The van der Waals surface area contributed by atoms with Crippen molar-refractivity contribution in [2.75, 3.05) is 0 Å². The molecule has 2 aromatic heterocycles. The third-order valence-corrected chi connectivity index (χ3v) is 5.20. The quantitative estimate of drug-likeness (QED) is 0.492. The van der Waals surface area contributed by atoms with Crippen LogP contribution >= 0.6 is 11.8 Å². The molecule has 6 nitrogen and oxygen atoms in total. The van der Waals surface area contributed by atoms with Crippen molar-refractivity contribution in [2.45, 2.75) is 17.3 Å². The van der Waals surface area contributed by atoms with Gasteiger partial charge in [-0.2, -0.15) is 9.90 Å². The molecule has 4 aromatic rings. The van der Waals surface area contributed by atoms with Gasteiger partial charge in [-0.05, 0) is 16.3 Å². The highest BCUT2D eigenvalue weighted by molar-refractivity contribution is 7.98. The lowest BCUT2D eigenvalue weighted by molar-refractivity contribution is 0.573. The van der Waals surface area contributed by atoms with Crippen molar-refractivity contribution in [3.63, 3.8) is 0 Å². The van der Waals surface area contributed by atoms with Crippen LogP contribution in [-0.4, -0.2) is 30.0 Å². The van der Waals surface area contributed by atoms with Gasteiger partial charge in [0, 0.05) is 12.8 Å². The highest BCUT2D eigenvalue weighted by Gasteiger charge is 2.16. The van der Waals surface area contributed by atoms with E-state index in [1.54, 1.807) is 22.8 Å². The molecule has 0 amide bonds. The number of aryl methyl sites for hydroxylation is 1. The molecule has 0 radical (unpaired) electrons. The fraction of sp³-hybridized carbons (Fsp3) is 0.158. The molecule has 0 saturated heterocycles. The van der Waals surface area contributed by atoms with Crippen LogP contribution in [0.3, 0.4) is 0 Å². The van der Waals surface area contributed by atoms with E-state index >= 15 is 0 Å². The van der Waals surface area contributed by atoms with Gasteiger partial charge in [0.25, 0.3) is 0 Å². The molecule has 0 bridgehead atoms. The number of tetrazole rings is 1. The van der Waals surface area contributed by atoms with E-state index in [4.69, 9.17) is 0 Å². The first kappa shape index (κ1) is 16.5. The minimum Gasteiger partial charge on any atom is -0.261 e.